The second-order valence-electron chi connectivity index (χ2n) is 4.54. The molecule has 2 rings (SSSR count). The number of benzene rings is 1. The van der Waals surface area contributed by atoms with Crippen LogP contribution in [0.5, 0.6) is 0 Å². The summed E-state index contributed by atoms with van der Waals surface area (Å²) in [6, 6.07) is 3.53. The van der Waals surface area contributed by atoms with Crippen molar-refractivity contribution in [3.05, 3.63) is 34.1 Å². The summed E-state index contributed by atoms with van der Waals surface area (Å²) in [5, 5.41) is 0. The van der Waals surface area contributed by atoms with E-state index in [0.29, 0.717) is 17.4 Å². The molecule has 2 amide bonds. The SMILES string of the molecule is NC(=O)C1CCCCN1C(=O)c1cc(Br)ccc1F. The molecule has 1 aromatic rings. The first-order chi connectivity index (χ1) is 9.00. The number of hydrogen-bond acceptors (Lipinski definition) is 2. The summed E-state index contributed by atoms with van der Waals surface area (Å²) >= 11 is 3.20. The molecule has 0 radical (unpaired) electrons. The fourth-order valence-corrected chi connectivity index (χ4v) is 2.65. The lowest BCUT2D eigenvalue weighted by Gasteiger charge is -2.33. The minimum Gasteiger partial charge on any atom is -0.368 e. The Morgan fingerprint density at radius 1 is 1.37 bits per heavy atom. The van der Waals surface area contributed by atoms with Crippen LogP contribution in [0.25, 0.3) is 0 Å². The van der Waals surface area contributed by atoms with Crippen LogP contribution < -0.4 is 5.73 Å². The van der Waals surface area contributed by atoms with Crippen molar-refractivity contribution in [3.63, 3.8) is 0 Å². The van der Waals surface area contributed by atoms with Crippen LogP contribution in [0, 0.1) is 5.82 Å². The van der Waals surface area contributed by atoms with Crippen LogP contribution in [0.3, 0.4) is 0 Å². The fourth-order valence-electron chi connectivity index (χ4n) is 2.29. The first-order valence-corrected chi connectivity index (χ1v) is 6.85. The lowest BCUT2D eigenvalue weighted by atomic mass is 10.00. The normalized spacial score (nSPS) is 19.3. The highest BCUT2D eigenvalue weighted by molar-refractivity contribution is 9.10. The molecule has 0 aromatic heterocycles. The third-order valence-electron chi connectivity index (χ3n) is 3.25. The molecule has 0 saturated carbocycles. The third-order valence-corrected chi connectivity index (χ3v) is 3.74. The molecule has 1 saturated heterocycles. The molecule has 1 fully saturated rings. The van der Waals surface area contributed by atoms with Gasteiger partial charge in [-0.05, 0) is 37.5 Å². The van der Waals surface area contributed by atoms with Gasteiger partial charge in [0.1, 0.15) is 11.9 Å². The van der Waals surface area contributed by atoms with Gasteiger partial charge in [0, 0.05) is 11.0 Å². The van der Waals surface area contributed by atoms with Gasteiger partial charge in [0.2, 0.25) is 5.91 Å². The molecule has 6 heteroatoms. The zero-order valence-electron chi connectivity index (χ0n) is 10.2. The topological polar surface area (TPSA) is 63.4 Å². The maximum absolute atomic E-state index is 13.7. The van der Waals surface area contributed by atoms with E-state index in [-0.39, 0.29) is 5.56 Å². The largest absolute Gasteiger partial charge is 0.368 e. The van der Waals surface area contributed by atoms with Gasteiger partial charge in [-0.1, -0.05) is 15.9 Å². The number of rotatable bonds is 2. The van der Waals surface area contributed by atoms with E-state index in [0.717, 1.165) is 12.8 Å². The van der Waals surface area contributed by atoms with Gasteiger partial charge in [-0.15, -0.1) is 0 Å². The summed E-state index contributed by atoms with van der Waals surface area (Å²) in [7, 11) is 0. The number of primary amides is 1. The first-order valence-electron chi connectivity index (χ1n) is 6.06. The van der Waals surface area contributed by atoms with Crippen molar-refractivity contribution in [1.29, 1.82) is 0 Å². The highest BCUT2D eigenvalue weighted by atomic mass is 79.9. The molecular formula is C13H14BrFN2O2. The number of hydrogen-bond donors (Lipinski definition) is 1. The van der Waals surface area contributed by atoms with Crippen LogP contribution in [0.4, 0.5) is 4.39 Å². The molecule has 0 bridgehead atoms. The van der Waals surface area contributed by atoms with E-state index in [4.69, 9.17) is 5.73 Å². The van der Waals surface area contributed by atoms with Gasteiger partial charge < -0.3 is 10.6 Å². The van der Waals surface area contributed by atoms with Gasteiger partial charge in [-0.2, -0.15) is 0 Å². The summed E-state index contributed by atoms with van der Waals surface area (Å²) in [5.41, 5.74) is 5.27. The van der Waals surface area contributed by atoms with E-state index in [9.17, 15) is 14.0 Å². The van der Waals surface area contributed by atoms with E-state index in [2.05, 4.69) is 15.9 Å². The quantitative estimate of drug-likeness (QED) is 0.903. The molecule has 0 spiro atoms. The van der Waals surface area contributed by atoms with Crippen LogP contribution in [-0.4, -0.2) is 29.3 Å². The molecule has 1 aliphatic heterocycles. The Morgan fingerprint density at radius 3 is 2.79 bits per heavy atom. The van der Waals surface area contributed by atoms with Gasteiger partial charge in [-0.25, -0.2) is 4.39 Å². The van der Waals surface area contributed by atoms with Gasteiger partial charge >= 0.3 is 0 Å². The van der Waals surface area contributed by atoms with Crippen LogP contribution in [0.15, 0.2) is 22.7 Å². The maximum Gasteiger partial charge on any atom is 0.257 e. The maximum atomic E-state index is 13.7. The van der Waals surface area contributed by atoms with Crippen LogP contribution >= 0.6 is 15.9 Å². The number of nitrogens with two attached hydrogens (primary N) is 1. The fraction of sp³-hybridized carbons (Fsp3) is 0.385. The zero-order valence-corrected chi connectivity index (χ0v) is 11.8. The van der Waals surface area contributed by atoms with Gasteiger partial charge in [0.05, 0.1) is 5.56 Å². The average Bonchev–Trinajstić information content (AvgIpc) is 2.40. The summed E-state index contributed by atoms with van der Waals surface area (Å²) in [4.78, 5) is 25.1. The lowest BCUT2D eigenvalue weighted by molar-refractivity contribution is -0.123. The van der Waals surface area contributed by atoms with Crippen LogP contribution in [0.1, 0.15) is 29.6 Å². The molecule has 102 valence electrons. The number of carbonyl (C=O) groups is 2. The minimum atomic E-state index is -0.639. The Labute approximate surface area is 118 Å². The Morgan fingerprint density at radius 2 is 2.11 bits per heavy atom. The van der Waals surface area contributed by atoms with Crippen molar-refractivity contribution in [2.24, 2.45) is 5.73 Å². The Bertz CT molecular complexity index is 521. The molecule has 1 atom stereocenters. The first kappa shape index (κ1) is 14.0. The van der Waals surface area contributed by atoms with Crippen molar-refractivity contribution in [3.8, 4) is 0 Å². The highest BCUT2D eigenvalue weighted by Crippen LogP contribution is 2.22. The zero-order chi connectivity index (χ0) is 14.0. The number of likely N-dealkylation sites (tertiary alicyclic amines) is 1. The Kier molecular flexibility index (Phi) is 4.19. The molecular weight excluding hydrogens is 315 g/mol. The van der Waals surface area contributed by atoms with E-state index in [1.54, 1.807) is 0 Å². The van der Waals surface area contributed by atoms with Crippen LogP contribution in [-0.2, 0) is 4.79 Å². The van der Waals surface area contributed by atoms with Crippen molar-refractivity contribution in [2.45, 2.75) is 25.3 Å². The Balaban J connectivity index is 2.31. The summed E-state index contributed by atoms with van der Waals surface area (Å²) in [6.07, 6.45) is 2.18. The molecule has 1 unspecified atom stereocenters. The standard InChI is InChI=1S/C13H14BrFN2O2/c14-8-4-5-10(15)9(7-8)13(19)17-6-2-1-3-11(17)12(16)18/h4-5,7,11H,1-3,6H2,(H2,16,18). The monoisotopic (exact) mass is 328 g/mol. The number of nitrogens with zero attached hydrogens (tertiary/aromatic N) is 1. The van der Waals surface area contributed by atoms with E-state index >= 15 is 0 Å². The van der Waals surface area contributed by atoms with Crippen LogP contribution in [0.2, 0.25) is 0 Å². The molecule has 0 aliphatic carbocycles. The minimum absolute atomic E-state index is 0.0393. The molecule has 1 aromatic carbocycles. The van der Waals surface area contributed by atoms with Gasteiger partial charge in [0.15, 0.2) is 0 Å². The second kappa shape index (κ2) is 5.69. The lowest BCUT2D eigenvalue weighted by Crippen LogP contribution is -2.50. The predicted octanol–water partition coefficient (Wildman–Crippen LogP) is 2.07. The summed E-state index contributed by atoms with van der Waals surface area (Å²) in [6.45, 7) is 0.429. The van der Waals surface area contributed by atoms with Crippen molar-refractivity contribution in [1.82, 2.24) is 4.90 Å². The van der Waals surface area contributed by atoms with Crippen molar-refractivity contribution in [2.75, 3.05) is 6.54 Å². The van der Waals surface area contributed by atoms with E-state index in [1.165, 1.54) is 23.1 Å². The van der Waals surface area contributed by atoms with E-state index in [1.807, 2.05) is 0 Å². The number of amides is 2. The molecule has 1 heterocycles. The van der Waals surface area contributed by atoms with Crippen molar-refractivity contribution < 1.29 is 14.0 Å². The predicted molar refractivity (Wildman–Crippen MR) is 72.0 cm³/mol. The summed E-state index contributed by atoms with van der Waals surface area (Å²) < 4.78 is 14.3. The molecule has 1 aliphatic rings. The third kappa shape index (κ3) is 2.94. The van der Waals surface area contributed by atoms with Gasteiger partial charge in [0.25, 0.3) is 5.91 Å². The number of halogens is 2. The smallest absolute Gasteiger partial charge is 0.257 e. The number of carbonyl (C=O) groups excluding carboxylic acids is 2. The highest BCUT2D eigenvalue weighted by Gasteiger charge is 2.32. The molecule has 19 heavy (non-hydrogen) atoms. The van der Waals surface area contributed by atoms with Gasteiger partial charge in [-0.3, -0.25) is 9.59 Å². The van der Waals surface area contributed by atoms with Crippen molar-refractivity contribution >= 4 is 27.7 Å². The molecule has 2 N–H and O–H groups in total. The molecule has 4 nitrogen and oxygen atoms in total. The average molecular weight is 329 g/mol. The Hall–Kier alpha value is -1.43. The second-order valence-corrected chi connectivity index (χ2v) is 5.45. The van der Waals surface area contributed by atoms with E-state index < -0.39 is 23.7 Å². The number of piperidine rings is 1. The summed E-state index contributed by atoms with van der Waals surface area (Å²) in [5.74, 6) is -1.62.